The monoisotopic (exact) mass is 338 g/mol. The Hall–Kier alpha value is -2.40. The van der Waals surface area contributed by atoms with Crippen LogP contribution in [0.4, 0.5) is 5.69 Å². The maximum Gasteiger partial charge on any atom is 0.269 e. The Labute approximate surface area is 147 Å². The van der Waals surface area contributed by atoms with Gasteiger partial charge in [0.25, 0.3) is 5.69 Å². The summed E-state index contributed by atoms with van der Waals surface area (Å²) >= 11 is 0. The van der Waals surface area contributed by atoms with Gasteiger partial charge in [-0.15, -0.1) is 0 Å². The smallest absolute Gasteiger partial charge is 0.269 e. The van der Waals surface area contributed by atoms with Gasteiger partial charge in [0.15, 0.2) is 0 Å². The molecule has 2 saturated heterocycles. The van der Waals surface area contributed by atoms with Gasteiger partial charge in [-0.25, -0.2) is 0 Å². The van der Waals surface area contributed by atoms with Gasteiger partial charge in [-0.2, -0.15) is 0 Å². The number of piperidine rings is 1. The Morgan fingerprint density at radius 1 is 0.920 bits per heavy atom. The van der Waals surface area contributed by atoms with Gasteiger partial charge in [-0.1, -0.05) is 18.6 Å². The Bertz CT molecular complexity index is 743. The third-order valence-corrected chi connectivity index (χ3v) is 5.39. The molecule has 2 fully saturated rings. The SMILES string of the molecule is O=[N+]([O-])c1ccc(Oc2ccc([C@@H]3CC[C@@H]4CCCCN43)cc2)cc1. The first-order valence-electron chi connectivity index (χ1n) is 8.99. The molecule has 25 heavy (non-hydrogen) atoms. The van der Waals surface area contributed by atoms with Crippen molar-refractivity contribution >= 4 is 5.69 Å². The highest BCUT2D eigenvalue weighted by atomic mass is 16.6. The number of non-ortho nitro benzene ring substituents is 1. The number of ether oxygens (including phenoxy) is 1. The Morgan fingerprint density at radius 2 is 1.60 bits per heavy atom. The van der Waals surface area contributed by atoms with E-state index >= 15 is 0 Å². The molecule has 4 rings (SSSR count). The van der Waals surface area contributed by atoms with E-state index in [-0.39, 0.29) is 5.69 Å². The molecule has 2 atom stereocenters. The van der Waals surface area contributed by atoms with Crippen LogP contribution in [0.3, 0.4) is 0 Å². The number of benzene rings is 2. The van der Waals surface area contributed by atoms with Crippen molar-refractivity contribution in [3.63, 3.8) is 0 Å². The molecule has 130 valence electrons. The fraction of sp³-hybridized carbons (Fsp3) is 0.400. The van der Waals surface area contributed by atoms with E-state index in [9.17, 15) is 10.1 Å². The summed E-state index contributed by atoms with van der Waals surface area (Å²) in [5, 5.41) is 10.7. The maximum absolute atomic E-state index is 10.7. The van der Waals surface area contributed by atoms with E-state index in [2.05, 4.69) is 17.0 Å². The van der Waals surface area contributed by atoms with Gasteiger partial charge in [0.1, 0.15) is 11.5 Å². The van der Waals surface area contributed by atoms with E-state index in [0.717, 1.165) is 11.8 Å². The molecule has 2 heterocycles. The van der Waals surface area contributed by atoms with Crippen LogP contribution in [0.5, 0.6) is 11.5 Å². The molecule has 2 aromatic carbocycles. The lowest BCUT2D eigenvalue weighted by Gasteiger charge is -2.34. The van der Waals surface area contributed by atoms with E-state index in [1.54, 1.807) is 12.1 Å². The van der Waals surface area contributed by atoms with E-state index in [4.69, 9.17) is 4.74 Å². The zero-order chi connectivity index (χ0) is 17.2. The normalized spacial score (nSPS) is 23.2. The highest BCUT2D eigenvalue weighted by molar-refractivity contribution is 5.39. The van der Waals surface area contributed by atoms with Gasteiger partial charge >= 0.3 is 0 Å². The van der Waals surface area contributed by atoms with Gasteiger partial charge in [-0.3, -0.25) is 15.0 Å². The van der Waals surface area contributed by atoms with E-state index in [0.29, 0.717) is 11.8 Å². The predicted molar refractivity (Wildman–Crippen MR) is 95.9 cm³/mol. The van der Waals surface area contributed by atoms with Crippen molar-refractivity contribution in [2.75, 3.05) is 6.54 Å². The first-order chi connectivity index (χ1) is 12.2. The molecule has 5 heteroatoms. The molecule has 0 aromatic heterocycles. The van der Waals surface area contributed by atoms with Crippen LogP contribution in [0, 0.1) is 10.1 Å². The van der Waals surface area contributed by atoms with Crippen LogP contribution >= 0.6 is 0 Å². The molecule has 2 aliphatic rings. The zero-order valence-electron chi connectivity index (χ0n) is 14.1. The summed E-state index contributed by atoms with van der Waals surface area (Å²) in [5.74, 6) is 1.36. The second-order valence-corrected chi connectivity index (χ2v) is 6.90. The van der Waals surface area contributed by atoms with Gasteiger partial charge in [0, 0.05) is 24.2 Å². The molecular weight excluding hydrogens is 316 g/mol. The second kappa shape index (κ2) is 6.84. The zero-order valence-corrected chi connectivity index (χ0v) is 14.1. The minimum atomic E-state index is -0.409. The Morgan fingerprint density at radius 3 is 2.28 bits per heavy atom. The number of fused-ring (bicyclic) bond motifs is 1. The molecule has 0 aliphatic carbocycles. The van der Waals surface area contributed by atoms with E-state index in [1.807, 2.05) is 12.1 Å². The highest BCUT2D eigenvalue weighted by Crippen LogP contribution is 2.40. The van der Waals surface area contributed by atoms with Crippen LogP contribution in [-0.2, 0) is 0 Å². The van der Waals surface area contributed by atoms with Gasteiger partial charge < -0.3 is 4.74 Å². The van der Waals surface area contributed by atoms with Crippen LogP contribution in [0.15, 0.2) is 48.5 Å². The molecule has 5 nitrogen and oxygen atoms in total. The summed E-state index contributed by atoms with van der Waals surface area (Å²) in [6.45, 7) is 1.22. The lowest BCUT2D eigenvalue weighted by Crippen LogP contribution is -2.35. The summed E-state index contributed by atoms with van der Waals surface area (Å²) in [6.07, 6.45) is 6.58. The third-order valence-electron chi connectivity index (χ3n) is 5.39. The van der Waals surface area contributed by atoms with Crippen molar-refractivity contribution in [2.24, 2.45) is 0 Å². The number of nitrogens with zero attached hydrogens (tertiary/aromatic N) is 2. The number of nitro groups is 1. The molecule has 2 aromatic rings. The Balaban J connectivity index is 1.44. The molecule has 0 radical (unpaired) electrons. The van der Waals surface area contributed by atoms with Crippen molar-refractivity contribution in [3.8, 4) is 11.5 Å². The number of hydrogen-bond acceptors (Lipinski definition) is 4. The fourth-order valence-electron chi connectivity index (χ4n) is 4.15. The molecule has 0 saturated carbocycles. The molecule has 0 unspecified atom stereocenters. The van der Waals surface area contributed by atoms with Crippen LogP contribution in [-0.4, -0.2) is 22.4 Å². The molecule has 2 aliphatic heterocycles. The minimum absolute atomic E-state index is 0.0695. The molecule has 0 spiro atoms. The highest BCUT2D eigenvalue weighted by Gasteiger charge is 2.35. The summed E-state index contributed by atoms with van der Waals surface area (Å²) < 4.78 is 5.80. The van der Waals surface area contributed by atoms with Gasteiger partial charge in [0.2, 0.25) is 0 Å². The summed E-state index contributed by atoms with van der Waals surface area (Å²) in [7, 11) is 0. The summed E-state index contributed by atoms with van der Waals surface area (Å²) in [4.78, 5) is 13.0. The number of hydrogen-bond donors (Lipinski definition) is 0. The quantitative estimate of drug-likeness (QED) is 0.576. The van der Waals surface area contributed by atoms with Crippen molar-refractivity contribution in [3.05, 3.63) is 64.2 Å². The van der Waals surface area contributed by atoms with E-state index in [1.165, 1.54) is 56.3 Å². The predicted octanol–water partition coefficient (Wildman–Crippen LogP) is 5.08. The van der Waals surface area contributed by atoms with Crippen LogP contribution < -0.4 is 4.74 Å². The summed E-state index contributed by atoms with van der Waals surface area (Å²) in [6, 6.07) is 15.8. The van der Waals surface area contributed by atoms with Crippen LogP contribution in [0.25, 0.3) is 0 Å². The van der Waals surface area contributed by atoms with Gasteiger partial charge in [-0.05, 0) is 62.1 Å². The fourth-order valence-corrected chi connectivity index (χ4v) is 4.15. The van der Waals surface area contributed by atoms with Gasteiger partial charge in [0.05, 0.1) is 4.92 Å². The molecule has 0 N–H and O–H groups in total. The first kappa shape index (κ1) is 16.1. The topological polar surface area (TPSA) is 55.6 Å². The van der Waals surface area contributed by atoms with Crippen molar-refractivity contribution in [2.45, 2.75) is 44.2 Å². The van der Waals surface area contributed by atoms with E-state index < -0.39 is 4.92 Å². The average Bonchev–Trinajstić information content (AvgIpc) is 3.07. The van der Waals surface area contributed by atoms with Crippen LogP contribution in [0.2, 0.25) is 0 Å². The molecule has 0 bridgehead atoms. The molecule has 0 amide bonds. The Kier molecular flexibility index (Phi) is 4.40. The summed E-state index contributed by atoms with van der Waals surface area (Å²) in [5.41, 5.74) is 1.43. The molecular formula is C20H22N2O3. The number of rotatable bonds is 4. The largest absolute Gasteiger partial charge is 0.457 e. The van der Waals surface area contributed by atoms with Crippen molar-refractivity contribution < 1.29 is 9.66 Å². The lowest BCUT2D eigenvalue weighted by molar-refractivity contribution is -0.384. The van der Waals surface area contributed by atoms with Crippen molar-refractivity contribution in [1.82, 2.24) is 4.90 Å². The minimum Gasteiger partial charge on any atom is -0.457 e. The van der Waals surface area contributed by atoms with Crippen molar-refractivity contribution in [1.29, 1.82) is 0 Å². The number of nitro benzene ring substituents is 1. The lowest BCUT2D eigenvalue weighted by atomic mass is 10.0. The maximum atomic E-state index is 10.7. The van der Waals surface area contributed by atoms with Crippen LogP contribution in [0.1, 0.15) is 43.7 Å². The first-order valence-corrected chi connectivity index (χ1v) is 8.99. The second-order valence-electron chi connectivity index (χ2n) is 6.90. The standard InChI is InChI=1S/C20H22N2O3/c23-22(24)17-6-11-19(12-7-17)25-18-9-4-15(5-10-18)20-13-8-16-3-1-2-14-21(16)20/h4-7,9-12,16,20H,1-3,8,13-14H2/t16-,20-/m0/s1. The third kappa shape index (κ3) is 3.37. The average molecular weight is 338 g/mol.